The van der Waals surface area contributed by atoms with Crippen LogP contribution < -0.4 is 0 Å². The molecule has 1 aliphatic carbocycles. The Morgan fingerprint density at radius 3 is 2.87 bits per heavy atom. The number of esters is 1. The lowest BCUT2D eigenvalue weighted by atomic mass is 10.1. The number of ether oxygens (including phenoxy) is 1. The summed E-state index contributed by atoms with van der Waals surface area (Å²) in [6.07, 6.45) is 0.368. The molecule has 0 bridgehead atoms. The van der Waals surface area contributed by atoms with E-state index in [1.54, 1.807) is 0 Å². The van der Waals surface area contributed by atoms with Crippen molar-refractivity contribution in [3.05, 3.63) is 17.0 Å². The maximum Gasteiger partial charge on any atom is 0.316 e. The van der Waals surface area contributed by atoms with Gasteiger partial charge in [-0.3, -0.25) is 9.59 Å². The second kappa shape index (κ2) is 3.37. The zero-order valence-electron chi connectivity index (χ0n) is 8.35. The Balaban J connectivity index is 2.39. The van der Waals surface area contributed by atoms with E-state index >= 15 is 0 Å². The molecule has 0 aliphatic heterocycles. The Hall–Kier alpha value is -1.30. The third kappa shape index (κ3) is 1.36. The highest BCUT2D eigenvalue weighted by Crippen LogP contribution is 2.29. The van der Waals surface area contributed by atoms with Gasteiger partial charge in [0.1, 0.15) is 11.6 Å². The first-order valence-corrected chi connectivity index (χ1v) is 4.86. The van der Waals surface area contributed by atoms with Crippen LogP contribution in [0.5, 0.6) is 0 Å². The zero-order chi connectivity index (χ0) is 11.2. The van der Waals surface area contributed by atoms with Gasteiger partial charge in [0.05, 0.1) is 12.8 Å². The fourth-order valence-electron chi connectivity index (χ4n) is 1.76. The highest BCUT2D eigenvalue weighted by Gasteiger charge is 2.40. The molecule has 0 aromatic carbocycles. The molecule has 15 heavy (non-hydrogen) atoms. The van der Waals surface area contributed by atoms with E-state index in [4.69, 9.17) is 0 Å². The predicted molar refractivity (Wildman–Crippen MR) is 54.9 cm³/mol. The zero-order valence-corrected chi connectivity index (χ0v) is 9.25. The Morgan fingerprint density at radius 1 is 1.67 bits per heavy atom. The van der Waals surface area contributed by atoms with Crippen molar-refractivity contribution in [3.63, 3.8) is 0 Å². The summed E-state index contributed by atoms with van der Waals surface area (Å²) in [6.45, 7) is 1.81. The van der Waals surface area contributed by atoms with E-state index in [2.05, 4.69) is 22.7 Å². The summed E-state index contributed by atoms with van der Waals surface area (Å²) in [6, 6.07) is 0. The van der Waals surface area contributed by atoms with Crippen LogP contribution >= 0.6 is 12.8 Å². The molecule has 1 unspecified atom stereocenters. The van der Waals surface area contributed by atoms with Gasteiger partial charge in [-0.25, -0.2) is 4.09 Å². The highest BCUT2D eigenvalue weighted by molar-refractivity contribution is 7.78. The average molecular weight is 226 g/mol. The molecule has 1 aliphatic rings. The van der Waals surface area contributed by atoms with Crippen molar-refractivity contribution in [2.75, 3.05) is 7.11 Å². The lowest BCUT2D eigenvalue weighted by Gasteiger charge is -2.05. The topological polar surface area (TPSA) is 61.2 Å². The number of carbonyl (C=O) groups excluding carboxylic acids is 2. The first-order valence-electron chi connectivity index (χ1n) is 4.46. The van der Waals surface area contributed by atoms with Gasteiger partial charge in [0.25, 0.3) is 0 Å². The summed E-state index contributed by atoms with van der Waals surface area (Å²) >= 11 is 4.06. The van der Waals surface area contributed by atoms with Crippen LogP contribution in [0, 0.1) is 12.8 Å². The van der Waals surface area contributed by atoms with Gasteiger partial charge in [-0.15, -0.1) is 0 Å². The van der Waals surface area contributed by atoms with Crippen LogP contribution in [-0.4, -0.2) is 28.0 Å². The Bertz CT molecular complexity index is 452. The van der Waals surface area contributed by atoms with E-state index in [1.807, 2.05) is 6.92 Å². The molecule has 1 aromatic heterocycles. The lowest BCUT2D eigenvalue weighted by Crippen LogP contribution is -2.22. The predicted octanol–water partition coefficient (Wildman–Crippen LogP) is 0.412. The molecule has 80 valence electrons. The average Bonchev–Trinajstić information content (AvgIpc) is 2.68. The molecular formula is C9H10N2O3S. The molecule has 1 atom stereocenters. The summed E-state index contributed by atoms with van der Waals surface area (Å²) in [5.74, 6) is -1.49. The summed E-state index contributed by atoms with van der Waals surface area (Å²) in [4.78, 5) is 23.0. The van der Waals surface area contributed by atoms with Crippen molar-refractivity contribution in [1.82, 2.24) is 9.19 Å². The normalized spacial score (nSPS) is 19.1. The number of aromatic nitrogens is 2. The number of methoxy groups -OCH3 is 1. The van der Waals surface area contributed by atoms with E-state index in [9.17, 15) is 9.59 Å². The quantitative estimate of drug-likeness (QED) is 0.428. The van der Waals surface area contributed by atoms with Crippen molar-refractivity contribution in [2.24, 2.45) is 5.92 Å². The third-order valence-electron chi connectivity index (χ3n) is 2.66. The Kier molecular flexibility index (Phi) is 2.30. The minimum absolute atomic E-state index is 0.271. The van der Waals surface area contributed by atoms with Crippen LogP contribution in [0.4, 0.5) is 0 Å². The monoisotopic (exact) mass is 226 g/mol. The van der Waals surface area contributed by atoms with Crippen molar-refractivity contribution in [2.45, 2.75) is 13.3 Å². The first kappa shape index (κ1) is 10.2. The number of rotatable bonds is 1. The molecule has 6 heteroatoms. The maximum atomic E-state index is 11.8. The third-order valence-corrected chi connectivity index (χ3v) is 3.05. The summed E-state index contributed by atoms with van der Waals surface area (Å²) < 4.78 is 5.92. The summed E-state index contributed by atoms with van der Waals surface area (Å²) in [7, 11) is 1.28. The van der Waals surface area contributed by atoms with Gasteiger partial charge in [0, 0.05) is 5.56 Å². The molecule has 0 saturated heterocycles. The molecule has 0 N–H and O–H groups in total. The number of fused-ring (bicyclic) bond motifs is 1. The second-order valence-corrected chi connectivity index (χ2v) is 3.83. The molecule has 5 nitrogen and oxygen atoms in total. The fraction of sp³-hybridized carbons (Fsp3) is 0.444. The second-order valence-electron chi connectivity index (χ2n) is 3.45. The van der Waals surface area contributed by atoms with Gasteiger partial charge in [-0.1, -0.05) is 0 Å². The molecule has 0 fully saturated rings. The number of hydrogen-bond acceptors (Lipinski definition) is 5. The number of ketones is 1. The van der Waals surface area contributed by atoms with Crippen molar-refractivity contribution >= 4 is 24.6 Å². The molecule has 0 spiro atoms. The minimum Gasteiger partial charge on any atom is -0.468 e. The van der Waals surface area contributed by atoms with E-state index in [-0.39, 0.29) is 5.78 Å². The van der Waals surface area contributed by atoms with Crippen molar-refractivity contribution < 1.29 is 14.3 Å². The van der Waals surface area contributed by atoms with Crippen molar-refractivity contribution in [1.29, 1.82) is 0 Å². The van der Waals surface area contributed by atoms with Crippen LogP contribution in [0.15, 0.2) is 0 Å². The van der Waals surface area contributed by atoms with E-state index in [0.717, 1.165) is 11.3 Å². The largest absolute Gasteiger partial charge is 0.468 e. The van der Waals surface area contributed by atoms with Gasteiger partial charge in [-0.2, -0.15) is 5.10 Å². The van der Waals surface area contributed by atoms with Gasteiger partial charge in [0.15, 0.2) is 5.78 Å². The van der Waals surface area contributed by atoms with Crippen molar-refractivity contribution in [3.8, 4) is 0 Å². The van der Waals surface area contributed by atoms with E-state index in [0.29, 0.717) is 12.1 Å². The van der Waals surface area contributed by atoms with Crippen LogP contribution in [0.2, 0.25) is 0 Å². The van der Waals surface area contributed by atoms with Crippen LogP contribution in [0.3, 0.4) is 0 Å². The van der Waals surface area contributed by atoms with Crippen LogP contribution in [0.25, 0.3) is 0 Å². The molecule has 0 saturated carbocycles. The minimum atomic E-state index is -0.722. The first-order chi connectivity index (χ1) is 7.06. The van der Waals surface area contributed by atoms with Gasteiger partial charge >= 0.3 is 5.97 Å². The van der Waals surface area contributed by atoms with Gasteiger partial charge < -0.3 is 4.74 Å². The number of nitrogens with zero attached hydrogens (tertiary/aromatic N) is 2. The molecule has 0 radical (unpaired) electrons. The lowest BCUT2D eigenvalue weighted by molar-refractivity contribution is -0.143. The Morgan fingerprint density at radius 2 is 2.33 bits per heavy atom. The fourth-order valence-corrected chi connectivity index (χ4v) is 1.97. The molecule has 2 rings (SSSR count). The molecule has 0 amide bonds. The molecule has 1 heterocycles. The summed E-state index contributed by atoms with van der Waals surface area (Å²) in [5.41, 5.74) is 1.94. The number of carbonyl (C=O) groups is 2. The number of hydrogen-bond donors (Lipinski definition) is 1. The number of thiol groups is 1. The smallest absolute Gasteiger partial charge is 0.316 e. The highest BCUT2D eigenvalue weighted by atomic mass is 32.1. The SMILES string of the molecule is COC(=O)C1Cc2c(nn(S)c2C)C1=O. The van der Waals surface area contributed by atoms with Gasteiger partial charge in [-0.05, 0) is 26.2 Å². The summed E-state index contributed by atoms with van der Waals surface area (Å²) in [5, 5.41) is 3.96. The van der Waals surface area contributed by atoms with Gasteiger partial charge in [0.2, 0.25) is 0 Å². The Labute approximate surface area is 91.9 Å². The van der Waals surface area contributed by atoms with E-state index in [1.165, 1.54) is 11.2 Å². The molecular weight excluding hydrogens is 216 g/mol. The number of Topliss-reactive ketones (excluding diaryl/α,β-unsaturated/α-hetero) is 1. The van der Waals surface area contributed by atoms with Crippen LogP contribution in [-0.2, 0) is 16.0 Å². The molecule has 1 aromatic rings. The van der Waals surface area contributed by atoms with Crippen LogP contribution in [0.1, 0.15) is 21.7 Å². The maximum absolute atomic E-state index is 11.8. The standard InChI is InChI=1S/C9H10N2O3S/c1-4-5-3-6(9(13)14-2)8(12)7(5)10-11(4)15/h6,15H,3H2,1-2H3. The van der Waals surface area contributed by atoms with E-state index < -0.39 is 11.9 Å².